The van der Waals surface area contributed by atoms with Crippen molar-refractivity contribution in [1.82, 2.24) is 0 Å². The number of benzene rings is 7. The van der Waals surface area contributed by atoms with Crippen molar-refractivity contribution < 1.29 is 13.3 Å². The number of nitrogens with zero attached hydrogens (tertiary/aromatic N) is 2. The summed E-state index contributed by atoms with van der Waals surface area (Å²) in [6.07, 6.45) is 6.83. The van der Waals surface area contributed by atoms with E-state index in [4.69, 9.17) is 13.3 Å². The molecule has 0 amide bonds. The maximum absolute atomic E-state index is 7.86. The monoisotopic (exact) mass is 1040 g/mol. The maximum Gasteiger partial charge on any atom is 0.376 e. The van der Waals surface area contributed by atoms with Crippen LogP contribution in [0.2, 0.25) is 0 Å². The molecule has 5 heterocycles. The summed E-state index contributed by atoms with van der Waals surface area (Å²) in [5.74, 6) is 0. The van der Waals surface area contributed by atoms with Gasteiger partial charge in [-0.1, -0.05) is 140 Å². The van der Waals surface area contributed by atoms with E-state index in [2.05, 4.69) is 224 Å². The Hall–Kier alpha value is -6.66. The molecule has 79 heavy (non-hydrogen) atoms. The Balaban J connectivity index is 1.12. The molecule has 2 aliphatic heterocycles. The highest BCUT2D eigenvalue weighted by molar-refractivity contribution is 6.93. The molecule has 0 unspecified atom stereocenters. The molecule has 5 aliphatic rings. The number of aryl methyl sites for hydroxylation is 1. The van der Waals surface area contributed by atoms with Crippen LogP contribution in [0.4, 0.5) is 28.4 Å². The van der Waals surface area contributed by atoms with Gasteiger partial charge in [-0.3, -0.25) is 0 Å². The minimum Gasteiger partial charge on any atom is -0.466 e. The molecule has 0 bridgehead atoms. The summed E-state index contributed by atoms with van der Waals surface area (Å²) in [4.78, 5) is 5.26. The van der Waals surface area contributed by atoms with Gasteiger partial charge in [0.25, 0.3) is 0 Å². The zero-order valence-corrected chi connectivity index (χ0v) is 49.8. The van der Waals surface area contributed by atoms with Gasteiger partial charge >= 0.3 is 6.85 Å². The van der Waals surface area contributed by atoms with Gasteiger partial charge in [0.2, 0.25) is 0 Å². The van der Waals surface area contributed by atoms with E-state index in [9.17, 15) is 0 Å². The van der Waals surface area contributed by atoms with Gasteiger partial charge in [-0.15, -0.1) is 0 Å². The summed E-state index contributed by atoms with van der Waals surface area (Å²) in [6.45, 7) is 38.2. The molecule has 0 atom stereocenters. The van der Waals surface area contributed by atoms with E-state index < -0.39 is 0 Å². The van der Waals surface area contributed by atoms with Crippen LogP contribution in [-0.4, -0.2) is 6.85 Å². The fourth-order valence-corrected chi connectivity index (χ4v) is 15.7. The SMILES string of the molecule is Cc1cc2c(cc1N1c3cc4c(oc5ccccc54)c4c3B(c3oc5cc6c(cc5c31)C(C)(C)CCC6(C)C)N(c1ccc(C(C)(C)C)cc1)c1cc3oc5cc6c(cc5c3cc1-4)C(C)(C)CCC6(C)C)C(C)(C)CCC2(C)C. The molecule has 10 aromatic rings. The minimum absolute atomic E-state index is 0.00545. The molecule has 3 aromatic heterocycles. The zero-order valence-electron chi connectivity index (χ0n) is 49.8. The van der Waals surface area contributed by atoms with E-state index >= 15 is 0 Å². The quantitative estimate of drug-likeness (QED) is 0.161. The molecule has 400 valence electrons. The highest BCUT2D eigenvalue weighted by Crippen LogP contribution is 2.58. The molecule has 5 nitrogen and oxygen atoms in total. The summed E-state index contributed by atoms with van der Waals surface area (Å²) in [7, 11) is 0. The van der Waals surface area contributed by atoms with Gasteiger partial charge in [-0.2, -0.15) is 0 Å². The third kappa shape index (κ3) is 6.76. The Kier molecular flexibility index (Phi) is 9.64. The molecule has 15 rings (SSSR count). The first-order chi connectivity index (χ1) is 37.1. The van der Waals surface area contributed by atoms with Crippen LogP contribution in [0, 0.1) is 6.92 Å². The van der Waals surface area contributed by atoms with Gasteiger partial charge in [0, 0.05) is 66.9 Å². The molecule has 0 radical (unpaired) electrons. The first-order valence-corrected chi connectivity index (χ1v) is 29.6. The summed E-state index contributed by atoms with van der Waals surface area (Å²) >= 11 is 0. The fraction of sp³-hybridized carbons (Fsp3) is 0.397. The molecule has 3 aliphatic carbocycles. The average Bonchev–Trinajstić information content (AvgIpc) is 2.44. The van der Waals surface area contributed by atoms with Crippen molar-refractivity contribution in [1.29, 1.82) is 0 Å². The van der Waals surface area contributed by atoms with E-state index in [1.54, 1.807) is 0 Å². The first kappa shape index (κ1) is 49.4. The molecule has 0 spiro atoms. The van der Waals surface area contributed by atoms with Crippen LogP contribution < -0.4 is 20.8 Å². The lowest BCUT2D eigenvalue weighted by Crippen LogP contribution is -2.61. The van der Waals surface area contributed by atoms with Crippen LogP contribution in [0.5, 0.6) is 0 Å². The molecule has 7 aromatic carbocycles. The van der Waals surface area contributed by atoms with Crippen LogP contribution in [0.25, 0.3) is 66.0 Å². The van der Waals surface area contributed by atoms with Crippen molar-refractivity contribution in [3.63, 3.8) is 0 Å². The molecule has 0 N–H and O–H groups in total. The van der Waals surface area contributed by atoms with Crippen LogP contribution in [-0.2, 0) is 37.9 Å². The molecule has 0 saturated carbocycles. The third-order valence-corrected chi connectivity index (χ3v) is 21.1. The predicted molar refractivity (Wildman–Crippen MR) is 334 cm³/mol. The molecular formula is C73H77BN2O3. The summed E-state index contributed by atoms with van der Waals surface area (Å²) in [5.41, 5.74) is 25.9. The molecular weight excluding hydrogens is 964 g/mol. The Labute approximate surface area is 467 Å². The van der Waals surface area contributed by atoms with Crippen LogP contribution in [0.3, 0.4) is 0 Å². The predicted octanol–water partition coefficient (Wildman–Crippen LogP) is 19.6. The Bertz CT molecular complexity index is 4330. The van der Waals surface area contributed by atoms with E-state index in [1.807, 2.05) is 0 Å². The van der Waals surface area contributed by atoms with E-state index in [1.165, 1.54) is 66.7 Å². The number of hydrogen-bond acceptors (Lipinski definition) is 5. The third-order valence-electron chi connectivity index (χ3n) is 21.1. The molecule has 6 heteroatoms. The van der Waals surface area contributed by atoms with Crippen molar-refractivity contribution in [3.05, 3.63) is 148 Å². The number of rotatable bonds is 2. The number of fused-ring (bicyclic) bond motifs is 16. The van der Waals surface area contributed by atoms with Crippen LogP contribution in [0.15, 0.2) is 116 Å². The summed E-state index contributed by atoms with van der Waals surface area (Å²) in [5, 5.41) is 5.69. The standard InChI is InChI=1S/C73H77BN2O3/c1-40-31-49-52(71(11,12)28-25-68(49,5)6)36-55(40)75-57-35-46-43-19-17-18-20-58(43)78-65(46)62-47-32-44-45-33-50-53(72(13,14)29-26-69(50,7)8)37-59(45)77-61(44)39-56(47)76(42-23-21-41(22-24-42)67(2,3)4)74(63(57)62)66-64(75)48-34-51-54(38-60(48)79-66)73(15,16)30-27-70(51,9)10/h17-24,31-39H,25-30H2,1-16H3. The lowest BCUT2D eigenvalue weighted by molar-refractivity contribution is 0.332. The fourth-order valence-electron chi connectivity index (χ4n) is 15.7. The number of anilines is 5. The second-order valence-electron chi connectivity index (χ2n) is 30.1. The molecule has 0 fully saturated rings. The van der Waals surface area contributed by atoms with Gasteiger partial charge in [0.15, 0.2) is 0 Å². The number of hydrogen-bond donors (Lipinski definition) is 0. The number of furan rings is 3. The van der Waals surface area contributed by atoms with Gasteiger partial charge in [0.1, 0.15) is 33.6 Å². The largest absolute Gasteiger partial charge is 0.466 e. The smallest absolute Gasteiger partial charge is 0.376 e. The van der Waals surface area contributed by atoms with Gasteiger partial charge in [0.05, 0.1) is 5.69 Å². The second-order valence-corrected chi connectivity index (χ2v) is 30.1. The lowest BCUT2D eigenvalue weighted by Gasteiger charge is -2.45. The highest BCUT2D eigenvalue weighted by Gasteiger charge is 2.52. The lowest BCUT2D eigenvalue weighted by atomic mass is 9.45. The van der Waals surface area contributed by atoms with E-state index in [0.717, 1.165) is 122 Å². The van der Waals surface area contributed by atoms with Gasteiger partial charge < -0.3 is 23.0 Å². The van der Waals surface area contributed by atoms with Crippen molar-refractivity contribution in [2.45, 2.75) is 187 Å². The van der Waals surface area contributed by atoms with Gasteiger partial charge in [-0.25, -0.2) is 0 Å². The molecule has 0 saturated heterocycles. The second kappa shape index (κ2) is 15.4. The van der Waals surface area contributed by atoms with Crippen LogP contribution >= 0.6 is 0 Å². The Morgan fingerprint density at radius 3 is 1.54 bits per heavy atom. The summed E-state index contributed by atoms with van der Waals surface area (Å²) < 4.78 is 22.4. The Morgan fingerprint density at radius 1 is 0.443 bits per heavy atom. The van der Waals surface area contributed by atoms with Crippen LogP contribution in [0.1, 0.15) is 187 Å². The maximum atomic E-state index is 7.86. The van der Waals surface area contributed by atoms with Crippen molar-refractivity contribution in [3.8, 4) is 11.1 Å². The van der Waals surface area contributed by atoms with E-state index in [-0.39, 0.29) is 44.8 Å². The van der Waals surface area contributed by atoms with Crippen molar-refractivity contribution in [2.24, 2.45) is 0 Å². The van der Waals surface area contributed by atoms with E-state index in [0.29, 0.717) is 0 Å². The van der Waals surface area contributed by atoms with Gasteiger partial charge in [-0.05, 0) is 194 Å². The minimum atomic E-state index is -0.378. The number of para-hydroxylation sites is 1. The normalized spacial score (nSPS) is 19.9. The average molecular weight is 1040 g/mol. The van der Waals surface area contributed by atoms with Crippen molar-refractivity contribution in [2.75, 3.05) is 9.71 Å². The Morgan fingerprint density at radius 2 is 0.949 bits per heavy atom. The zero-order chi connectivity index (χ0) is 55.2. The van der Waals surface area contributed by atoms with Crippen molar-refractivity contribution >= 4 is 101 Å². The first-order valence-electron chi connectivity index (χ1n) is 29.6. The topological polar surface area (TPSA) is 45.9 Å². The summed E-state index contributed by atoms with van der Waals surface area (Å²) in [6, 6.07) is 40.4. The highest BCUT2D eigenvalue weighted by atomic mass is 16.3.